The Morgan fingerprint density at radius 1 is 1.37 bits per heavy atom. The molecule has 0 radical (unpaired) electrons. The van der Waals surface area contributed by atoms with Crippen molar-refractivity contribution in [3.63, 3.8) is 0 Å². The first-order valence-electron chi connectivity index (χ1n) is 6.98. The minimum absolute atomic E-state index is 0.137. The van der Waals surface area contributed by atoms with E-state index in [2.05, 4.69) is 27.5 Å². The topological polar surface area (TPSA) is 66.9 Å². The van der Waals surface area contributed by atoms with Crippen LogP contribution in [0.4, 0.5) is 5.82 Å². The first-order chi connectivity index (χ1) is 9.20. The summed E-state index contributed by atoms with van der Waals surface area (Å²) >= 11 is 0. The van der Waals surface area contributed by atoms with E-state index in [9.17, 15) is 4.79 Å². The standard InChI is InChI=1S/C14H22N4O/c1-10-5-3-4-6-11(10)7-17-14(19)12-8-16-9-13(15-2)18-12/h8-11H,3-7H2,1-2H3,(H,15,18)(H,17,19). The number of rotatable bonds is 4. The minimum Gasteiger partial charge on any atom is -0.372 e. The predicted octanol–water partition coefficient (Wildman–Crippen LogP) is 2.07. The second-order valence-electron chi connectivity index (χ2n) is 5.27. The van der Waals surface area contributed by atoms with Crippen LogP contribution in [0.5, 0.6) is 0 Å². The Bertz CT molecular complexity index is 435. The highest BCUT2D eigenvalue weighted by molar-refractivity contribution is 5.92. The molecule has 5 nitrogen and oxygen atoms in total. The van der Waals surface area contributed by atoms with E-state index in [0.717, 1.165) is 6.54 Å². The van der Waals surface area contributed by atoms with Gasteiger partial charge in [-0.1, -0.05) is 26.2 Å². The maximum absolute atomic E-state index is 12.0. The lowest BCUT2D eigenvalue weighted by Gasteiger charge is -2.28. The van der Waals surface area contributed by atoms with Crippen molar-refractivity contribution in [1.82, 2.24) is 15.3 Å². The fourth-order valence-corrected chi connectivity index (χ4v) is 2.61. The third-order valence-electron chi connectivity index (χ3n) is 3.94. The zero-order valence-electron chi connectivity index (χ0n) is 11.6. The molecule has 2 N–H and O–H groups in total. The van der Waals surface area contributed by atoms with E-state index >= 15 is 0 Å². The lowest BCUT2D eigenvalue weighted by Crippen LogP contribution is -2.33. The molecule has 1 aliphatic carbocycles. The highest BCUT2D eigenvalue weighted by Gasteiger charge is 2.22. The number of nitrogens with one attached hydrogen (secondary N) is 2. The summed E-state index contributed by atoms with van der Waals surface area (Å²) in [5, 5.41) is 5.86. The molecule has 0 saturated heterocycles. The van der Waals surface area contributed by atoms with Crippen molar-refractivity contribution in [2.75, 3.05) is 18.9 Å². The maximum atomic E-state index is 12.0. The molecule has 2 atom stereocenters. The average molecular weight is 262 g/mol. The quantitative estimate of drug-likeness (QED) is 0.871. The summed E-state index contributed by atoms with van der Waals surface area (Å²) in [5.41, 5.74) is 0.371. The van der Waals surface area contributed by atoms with Gasteiger partial charge >= 0.3 is 0 Å². The summed E-state index contributed by atoms with van der Waals surface area (Å²) in [5.74, 6) is 1.77. The minimum atomic E-state index is -0.137. The molecule has 1 aliphatic rings. The number of hydrogen-bond donors (Lipinski definition) is 2. The van der Waals surface area contributed by atoms with Crippen LogP contribution in [0.1, 0.15) is 43.1 Å². The SMILES string of the molecule is CNc1cncc(C(=O)NCC2CCCCC2C)n1. The number of hydrogen-bond acceptors (Lipinski definition) is 4. The molecule has 1 heterocycles. The molecule has 0 spiro atoms. The highest BCUT2D eigenvalue weighted by Crippen LogP contribution is 2.28. The van der Waals surface area contributed by atoms with Crippen molar-refractivity contribution in [2.24, 2.45) is 11.8 Å². The fourth-order valence-electron chi connectivity index (χ4n) is 2.61. The summed E-state index contributed by atoms with van der Waals surface area (Å²) in [7, 11) is 1.76. The van der Waals surface area contributed by atoms with Crippen LogP contribution < -0.4 is 10.6 Å². The van der Waals surface area contributed by atoms with Crippen LogP contribution in [0.2, 0.25) is 0 Å². The molecule has 0 bridgehead atoms. The van der Waals surface area contributed by atoms with Crippen LogP contribution in [0.3, 0.4) is 0 Å². The van der Waals surface area contributed by atoms with Crippen molar-refractivity contribution in [2.45, 2.75) is 32.6 Å². The van der Waals surface area contributed by atoms with Gasteiger partial charge in [0.2, 0.25) is 0 Å². The number of aromatic nitrogens is 2. The number of carbonyl (C=O) groups excluding carboxylic acids is 1. The predicted molar refractivity (Wildman–Crippen MR) is 75.0 cm³/mol. The largest absolute Gasteiger partial charge is 0.372 e. The van der Waals surface area contributed by atoms with Crippen LogP contribution in [-0.2, 0) is 0 Å². The van der Waals surface area contributed by atoms with Gasteiger partial charge in [0.15, 0.2) is 0 Å². The van der Waals surface area contributed by atoms with Gasteiger partial charge in [0.05, 0.1) is 12.4 Å². The maximum Gasteiger partial charge on any atom is 0.271 e. The van der Waals surface area contributed by atoms with Crippen molar-refractivity contribution in [1.29, 1.82) is 0 Å². The van der Waals surface area contributed by atoms with Crippen molar-refractivity contribution in [3.8, 4) is 0 Å². The molecular formula is C14H22N4O. The summed E-state index contributed by atoms with van der Waals surface area (Å²) in [6.07, 6.45) is 8.18. The lowest BCUT2D eigenvalue weighted by molar-refractivity contribution is 0.0931. The third kappa shape index (κ3) is 3.66. The molecule has 2 unspecified atom stereocenters. The molecule has 0 aromatic carbocycles. The molecule has 1 aromatic rings. The van der Waals surface area contributed by atoms with Crippen LogP contribution in [0.25, 0.3) is 0 Å². The van der Waals surface area contributed by atoms with Crippen molar-refractivity contribution >= 4 is 11.7 Å². The zero-order valence-corrected chi connectivity index (χ0v) is 11.6. The van der Waals surface area contributed by atoms with Crippen molar-refractivity contribution in [3.05, 3.63) is 18.1 Å². The summed E-state index contributed by atoms with van der Waals surface area (Å²) < 4.78 is 0. The van der Waals surface area contributed by atoms with Crippen LogP contribution >= 0.6 is 0 Å². The second-order valence-corrected chi connectivity index (χ2v) is 5.27. The Kier molecular flexibility index (Phi) is 4.71. The fraction of sp³-hybridized carbons (Fsp3) is 0.643. The monoisotopic (exact) mass is 262 g/mol. The Morgan fingerprint density at radius 2 is 2.16 bits per heavy atom. The number of nitrogens with zero attached hydrogens (tertiary/aromatic N) is 2. The van der Waals surface area contributed by atoms with Gasteiger partial charge in [0.25, 0.3) is 5.91 Å². The van der Waals surface area contributed by atoms with Gasteiger partial charge < -0.3 is 10.6 Å². The highest BCUT2D eigenvalue weighted by atomic mass is 16.1. The van der Waals surface area contributed by atoms with Crippen molar-refractivity contribution < 1.29 is 4.79 Å². The molecule has 5 heteroatoms. The average Bonchev–Trinajstić information content (AvgIpc) is 2.46. The van der Waals surface area contributed by atoms with Gasteiger partial charge in [-0.25, -0.2) is 4.98 Å². The Labute approximate surface area is 114 Å². The molecule has 2 rings (SSSR count). The second kappa shape index (κ2) is 6.50. The van der Waals surface area contributed by atoms with E-state index in [4.69, 9.17) is 0 Å². The normalized spacial score (nSPS) is 22.8. The summed E-state index contributed by atoms with van der Waals surface area (Å²) in [6, 6.07) is 0. The number of anilines is 1. The third-order valence-corrected chi connectivity index (χ3v) is 3.94. The molecule has 104 valence electrons. The first kappa shape index (κ1) is 13.8. The van der Waals surface area contributed by atoms with Gasteiger partial charge in [-0.3, -0.25) is 9.78 Å². The lowest BCUT2D eigenvalue weighted by atomic mass is 9.80. The number of amides is 1. The van der Waals surface area contributed by atoms with E-state index in [1.807, 2.05) is 0 Å². The summed E-state index contributed by atoms with van der Waals surface area (Å²) in [4.78, 5) is 20.2. The van der Waals surface area contributed by atoms with Crippen LogP contribution in [0, 0.1) is 11.8 Å². The molecule has 19 heavy (non-hydrogen) atoms. The van der Waals surface area contributed by atoms with Gasteiger partial charge in [-0.15, -0.1) is 0 Å². The molecule has 1 saturated carbocycles. The van der Waals surface area contributed by atoms with Gasteiger partial charge in [-0.05, 0) is 18.3 Å². The zero-order chi connectivity index (χ0) is 13.7. The van der Waals surface area contributed by atoms with Gasteiger partial charge in [-0.2, -0.15) is 0 Å². The van der Waals surface area contributed by atoms with Gasteiger partial charge in [0.1, 0.15) is 11.5 Å². The number of carbonyl (C=O) groups is 1. The summed E-state index contributed by atoms with van der Waals surface area (Å²) in [6.45, 7) is 3.02. The molecule has 1 fully saturated rings. The Balaban J connectivity index is 1.89. The Hall–Kier alpha value is -1.65. The Morgan fingerprint density at radius 3 is 2.89 bits per heavy atom. The molecule has 1 aromatic heterocycles. The van der Waals surface area contributed by atoms with Crippen LogP contribution in [0.15, 0.2) is 12.4 Å². The van der Waals surface area contributed by atoms with E-state index in [0.29, 0.717) is 23.3 Å². The van der Waals surface area contributed by atoms with E-state index in [-0.39, 0.29) is 5.91 Å². The first-order valence-corrected chi connectivity index (χ1v) is 6.98. The van der Waals surface area contributed by atoms with Crippen LogP contribution in [-0.4, -0.2) is 29.5 Å². The van der Waals surface area contributed by atoms with E-state index in [1.54, 1.807) is 13.2 Å². The molecule has 1 amide bonds. The van der Waals surface area contributed by atoms with E-state index in [1.165, 1.54) is 31.9 Å². The van der Waals surface area contributed by atoms with E-state index < -0.39 is 0 Å². The molecular weight excluding hydrogens is 240 g/mol. The molecule has 0 aliphatic heterocycles. The van der Waals surface area contributed by atoms with Gasteiger partial charge in [0, 0.05) is 13.6 Å². The smallest absolute Gasteiger partial charge is 0.271 e.